The van der Waals surface area contributed by atoms with Crippen LogP contribution in [0, 0.1) is 22.7 Å². The molecule has 1 unspecified atom stereocenters. The molecular formula is C18H20N6OS. The van der Waals surface area contributed by atoms with E-state index in [1.54, 1.807) is 22.9 Å². The van der Waals surface area contributed by atoms with Gasteiger partial charge in [-0.05, 0) is 37.8 Å². The third-order valence-corrected chi connectivity index (χ3v) is 6.51. The number of pyridine rings is 1. The maximum Gasteiger partial charge on any atom is 0.319 e. The normalized spacial score (nSPS) is 29.9. The van der Waals surface area contributed by atoms with Gasteiger partial charge in [0.2, 0.25) is 0 Å². The Hall–Kier alpha value is -2.45. The number of hydrogen-bond donors (Lipinski definition) is 1. The standard InChI is InChI=1S/C18H20N6OS/c19-7-12-1-4-17(21-9-12)24-14-2-3-15(24)6-13(5-14)22-18(25)23-11-26-10-16(23)8-20/h1,4,9,13-16H,2-3,5-6,10-11H2,(H,22,25)/t13?,14-,15+,16-/m0/s1. The van der Waals surface area contributed by atoms with E-state index in [9.17, 15) is 4.79 Å². The van der Waals surface area contributed by atoms with Crippen LogP contribution in [0.3, 0.4) is 0 Å². The zero-order valence-electron chi connectivity index (χ0n) is 14.3. The summed E-state index contributed by atoms with van der Waals surface area (Å²) in [5.74, 6) is 2.20. The number of anilines is 1. The highest BCUT2D eigenvalue weighted by atomic mass is 32.2. The summed E-state index contributed by atoms with van der Waals surface area (Å²) in [4.78, 5) is 21.0. The fourth-order valence-corrected chi connectivity index (χ4v) is 5.36. The van der Waals surface area contributed by atoms with Gasteiger partial charge in [0.15, 0.2) is 0 Å². The van der Waals surface area contributed by atoms with Gasteiger partial charge in [0, 0.05) is 30.1 Å². The molecule has 0 spiro atoms. The van der Waals surface area contributed by atoms with E-state index in [0.717, 1.165) is 31.5 Å². The Morgan fingerprint density at radius 3 is 2.65 bits per heavy atom. The Labute approximate surface area is 157 Å². The van der Waals surface area contributed by atoms with Crippen LogP contribution >= 0.6 is 11.8 Å². The fraction of sp³-hybridized carbons (Fsp3) is 0.556. The maximum absolute atomic E-state index is 12.5. The SMILES string of the molecule is N#Cc1ccc(N2[C@@H]3CC[C@H]2CC(NC(=O)N2CSC[C@@H]2C#N)C3)nc1. The average molecular weight is 368 g/mol. The van der Waals surface area contributed by atoms with Crippen LogP contribution in [0.1, 0.15) is 31.2 Å². The summed E-state index contributed by atoms with van der Waals surface area (Å²) < 4.78 is 0. The monoisotopic (exact) mass is 368 g/mol. The van der Waals surface area contributed by atoms with Gasteiger partial charge in [-0.25, -0.2) is 9.78 Å². The topological polar surface area (TPSA) is 96.0 Å². The van der Waals surface area contributed by atoms with E-state index in [-0.39, 0.29) is 18.1 Å². The molecule has 0 radical (unpaired) electrons. The van der Waals surface area contributed by atoms with E-state index < -0.39 is 0 Å². The summed E-state index contributed by atoms with van der Waals surface area (Å²) in [6.07, 6.45) is 5.60. The zero-order valence-corrected chi connectivity index (χ0v) is 15.2. The molecule has 4 atom stereocenters. The minimum absolute atomic E-state index is 0.115. The van der Waals surface area contributed by atoms with Gasteiger partial charge in [0.1, 0.15) is 17.9 Å². The molecule has 1 aromatic heterocycles. The van der Waals surface area contributed by atoms with E-state index in [2.05, 4.69) is 27.3 Å². The molecule has 3 aliphatic heterocycles. The largest absolute Gasteiger partial charge is 0.350 e. The third-order valence-electron chi connectivity index (χ3n) is 5.49. The highest BCUT2D eigenvalue weighted by Gasteiger charge is 2.42. The minimum atomic E-state index is -0.320. The fourth-order valence-electron chi connectivity index (χ4n) is 4.28. The van der Waals surface area contributed by atoms with E-state index >= 15 is 0 Å². The van der Waals surface area contributed by atoms with Gasteiger partial charge in [-0.15, -0.1) is 11.8 Å². The van der Waals surface area contributed by atoms with Crippen molar-refractivity contribution in [3.8, 4) is 12.1 Å². The van der Waals surface area contributed by atoms with Gasteiger partial charge in [0.05, 0.1) is 17.5 Å². The molecule has 0 aliphatic carbocycles. The van der Waals surface area contributed by atoms with Crippen LogP contribution in [0.4, 0.5) is 10.6 Å². The van der Waals surface area contributed by atoms with Crippen LogP contribution in [-0.2, 0) is 0 Å². The molecule has 3 saturated heterocycles. The molecule has 7 nitrogen and oxygen atoms in total. The van der Waals surface area contributed by atoms with Gasteiger partial charge in [-0.3, -0.25) is 4.90 Å². The van der Waals surface area contributed by atoms with Crippen molar-refractivity contribution in [3.05, 3.63) is 23.9 Å². The summed E-state index contributed by atoms with van der Waals surface area (Å²) in [7, 11) is 0. The van der Waals surface area contributed by atoms with E-state index in [0.29, 0.717) is 29.3 Å². The van der Waals surface area contributed by atoms with Crippen molar-refractivity contribution in [3.63, 3.8) is 0 Å². The Morgan fingerprint density at radius 2 is 2.04 bits per heavy atom. The van der Waals surface area contributed by atoms with Gasteiger partial charge < -0.3 is 10.2 Å². The Bertz CT molecular complexity index is 755. The Balaban J connectivity index is 1.41. The third kappa shape index (κ3) is 3.06. The predicted octanol–water partition coefficient (Wildman–Crippen LogP) is 2.06. The van der Waals surface area contributed by atoms with Crippen molar-refractivity contribution in [2.24, 2.45) is 0 Å². The second kappa shape index (κ2) is 7.05. The first-order valence-electron chi connectivity index (χ1n) is 8.88. The summed E-state index contributed by atoms with van der Waals surface area (Å²) >= 11 is 1.62. The van der Waals surface area contributed by atoms with Gasteiger partial charge >= 0.3 is 6.03 Å². The lowest BCUT2D eigenvalue weighted by Gasteiger charge is -2.40. The molecule has 134 valence electrons. The van der Waals surface area contributed by atoms with E-state index in [1.165, 1.54) is 0 Å². The van der Waals surface area contributed by atoms with Crippen LogP contribution in [0.15, 0.2) is 18.3 Å². The molecular weight excluding hydrogens is 348 g/mol. The Kier molecular flexibility index (Phi) is 4.60. The summed E-state index contributed by atoms with van der Waals surface area (Å²) in [6, 6.07) is 8.46. The number of carbonyl (C=O) groups is 1. The van der Waals surface area contributed by atoms with Crippen molar-refractivity contribution in [1.29, 1.82) is 10.5 Å². The van der Waals surface area contributed by atoms with Crippen molar-refractivity contribution in [2.75, 3.05) is 16.5 Å². The van der Waals surface area contributed by atoms with Gasteiger partial charge in [0.25, 0.3) is 0 Å². The van der Waals surface area contributed by atoms with Gasteiger partial charge in [-0.1, -0.05) is 0 Å². The molecule has 1 aromatic rings. The molecule has 3 aliphatic rings. The number of hydrogen-bond acceptors (Lipinski definition) is 6. The molecule has 4 rings (SSSR count). The lowest BCUT2D eigenvalue weighted by atomic mass is 9.97. The van der Waals surface area contributed by atoms with E-state index in [4.69, 9.17) is 10.5 Å². The maximum atomic E-state index is 12.5. The summed E-state index contributed by atoms with van der Waals surface area (Å²) in [5.41, 5.74) is 0.568. The first-order chi connectivity index (χ1) is 12.7. The van der Waals surface area contributed by atoms with Crippen LogP contribution in [0.2, 0.25) is 0 Å². The molecule has 2 amide bonds. The van der Waals surface area contributed by atoms with Crippen molar-refractivity contribution in [2.45, 2.75) is 49.9 Å². The number of nitrogens with one attached hydrogen (secondary N) is 1. The number of nitriles is 2. The lowest BCUT2D eigenvalue weighted by molar-refractivity contribution is 0.195. The number of aromatic nitrogens is 1. The average Bonchev–Trinajstić information content (AvgIpc) is 3.24. The van der Waals surface area contributed by atoms with Crippen molar-refractivity contribution >= 4 is 23.6 Å². The summed E-state index contributed by atoms with van der Waals surface area (Å²) in [5, 5.41) is 21.2. The zero-order chi connectivity index (χ0) is 18.1. The van der Waals surface area contributed by atoms with Crippen LogP contribution < -0.4 is 10.2 Å². The smallest absolute Gasteiger partial charge is 0.319 e. The first kappa shape index (κ1) is 17.0. The number of thioether (sulfide) groups is 1. The second-order valence-electron chi connectivity index (χ2n) is 7.04. The van der Waals surface area contributed by atoms with Crippen LogP contribution in [0.25, 0.3) is 0 Å². The molecule has 0 aromatic carbocycles. The number of urea groups is 1. The quantitative estimate of drug-likeness (QED) is 0.858. The number of fused-ring (bicyclic) bond motifs is 2. The lowest BCUT2D eigenvalue weighted by Crippen LogP contribution is -2.53. The van der Waals surface area contributed by atoms with Gasteiger partial charge in [-0.2, -0.15) is 10.5 Å². The number of amides is 2. The molecule has 8 heteroatoms. The van der Waals surface area contributed by atoms with Crippen LogP contribution in [-0.4, -0.2) is 51.7 Å². The number of piperidine rings is 1. The second-order valence-corrected chi connectivity index (χ2v) is 8.04. The highest BCUT2D eigenvalue weighted by Crippen LogP contribution is 2.38. The van der Waals surface area contributed by atoms with Crippen LogP contribution in [0.5, 0.6) is 0 Å². The molecule has 3 fully saturated rings. The Morgan fingerprint density at radius 1 is 1.27 bits per heavy atom. The molecule has 0 saturated carbocycles. The summed E-state index contributed by atoms with van der Waals surface area (Å²) in [6.45, 7) is 0. The minimum Gasteiger partial charge on any atom is -0.350 e. The molecule has 26 heavy (non-hydrogen) atoms. The molecule has 4 heterocycles. The van der Waals surface area contributed by atoms with Crippen molar-refractivity contribution in [1.82, 2.24) is 15.2 Å². The highest BCUT2D eigenvalue weighted by molar-refractivity contribution is 7.99. The number of rotatable bonds is 2. The van der Waals surface area contributed by atoms with E-state index in [1.807, 2.05) is 12.1 Å². The number of carbonyl (C=O) groups excluding carboxylic acids is 1. The van der Waals surface area contributed by atoms with Crippen molar-refractivity contribution < 1.29 is 4.79 Å². The predicted molar refractivity (Wildman–Crippen MR) is 98.4 cm³/mol. The molecule has 1 N–H and O–H groups in total. The first-order valence-corrected chi connectivity index (χ1v) is 10.0. The number of nitrogens with zero attached hydrogens (tertiary/aromatic N) is 5. The molecule has 2 bridgehead atoms.